The topological polar surface area (TPSA) is 42.0 Å². The fraction of sp³-hybridized carbons (Fsp3) is 0.444. The van der Waals surface area contributed by atoms with Gasteiger partial charge in [0.2, 0.25) is 0 Å². The number of aromatic nitrogens is 1. The first-order valence-electron chi connectivity index (χ1n) is 4.26. The van der Waals surface area contributed by atoms with Gasteiger partial charge in [0, 0.05) is 40.7 Å². The molecule has 1 aromatic heterocycles. The Morgan fingerprint density at radius 1 is 1.71 bits per heavy atom. The maximum Gasteiger partial charge on any atom is 0.131 e. The van der Waals surface area contributed by atoms with Crippen molar-refractivity contribution in [2.75, 3.05) is 17.3 Å². The molecule has 0 saturated carbocycles. The average Bonchev–Trinajstić information content (AvgIpc) is 2.01. The Kier molecular flexibility index (Phi) is 4.35. The van der Waals surface area contributed by atoms with Crippen LogP contribution in [0.5, 0.6) is 0 Å². The molecule has 0 radical (unpaired) electrons. The van der Waals surface area contributed by atoms with Crippen LogP contribution in [0.1, 0.15) is 6.92 Å². The summed E-state index contributed by atoms with van der Waals surface area (Å²) >= 11 is 5.72. The summed E-state index contributed by atoms with van der Waals surface area (Å²) in [6.07, 6.45) is 3.33. The van der Waals surface area contributed by atoms with E-state index in [0.717, 1.165) is 5.69 Å². The molecular formula is C9H13ClN2OS. The van der Waals surface area contributed by atoms with Crippen molar-refractivity contribution in [3.05, 3.63) is 23.5 Å². The van der Waals surface area contributed by atoms with Crippen LogP contribution < -0.4 is 5.32 Å². The predicted molar refractivity (Wildman–Crippen MR) is 61.3 cm³/mol. The molecule has 0 aliphatic rings. The van der Waals surface area contributed by atoms with Gasteiger partial charge in [-0.3, -0.25) is 4.21 Å². The van der Waals surface area contributed by atoms with E-state index in [1.807, 2.05) is 13.0 Å². The summed E-state index contributed by atoms with van der Waals surface area (Å²) in [6, 6.07) is 3.75. The number of hydrogen-bond acceptors (Lipinski definition) is 3. The van der Waals surface area contributed by atoms with Crippen molar-refractivity contribution >= 4 is 28.1 Å². The Morgan fingerprint density at radius 2 is 2.43 bits per heavy atom. The summed E-state index contributed by atoms with van der Waals surface area (Å²) < 4.78 is 10.9. The molecule has 1 rings (SSSR count). The van der Waals surface area contributed by atoms with Gasteiger partial charge in [-0.1, -0.05) is 11.6 Å². The van der Waals surface area contributed by atoms with Crippen LogP contribution in [0.25, 0.3) is 0 Å². The highest BCUT2D eigenvalue weighted by molar-refractivity contribution is 7.84. The first-order valence-corrected chi connectivity index (χ1v) is 6.36. The van der Waals surface area contributed by atoms with E-state index in [9.17, 15) is 4.21 Å². The van der Waals surface area contributed by atoms with Gasteiger partial charge in [-0.05, 0) is 19.1 Å². The first-order chi connectivity index (χ1) is 6.58. The van der Waals surface area contributed by atoms with Crippen LogP contribution >= 0.6 is 11.6 Å². The predicted octanol–water partition coefficient (Wildman–Crippen LogP) is 1.91. The van der Waals surface area contributed by atoms with E-state index < -0.39 is 10.8 Å². The van der Waals surface area contributed by atoms with Gasteiger partial charge in [0.25, 0.3) is 0 Å². The van der Waals surface area contributed by atoms with E-state index in [-0.39, 0.29) is 6.04 Å². The third-order valence-corrected chi connectivity index (χ3v) is 2.80. The van der Waals surface area contributed by atoms with Gasteiger partial charge in [0.1, 0.15) is 5.15 Å². The smallest absolute Gasteiger partial charge is 0.131 e. The van der Waals surface area contributed by atoms with Crippen molar-refractivity contribution in [2.45, 2.75) is 13.0 Å². The molecule has 0 spiro atoms. The standard InChI is InChI=1S/C9H13ClN2OS/c1-7(6-14(2)13)12-8-3-4-11-9(10)5-8/h3-5,7H,6H2,1-2H3,(H,11,12). The molecule has 0 bridgehead atoms. The molecule has 0 amide bonds. The van der Waals surface area contributed by atoms with Gasteiger partial charge in [-0.2, -0.15) is 0 Å². The summed E-state index contributed by atoms with van der Waals surface area (Å²) in [4.78, 5) is 3.87. The van der Waals surface area contributed by atoms with E-state index in [1.54, 1.807) is 18.5 Å². The maximum absolute atomic E-state index is 10.9. The molecule has 0 aliphatic carbocycles. The van der Waals surface area contributed by atoms with Crippen LogP contribution in [0.4, 0.5) is 5.69 Å². The Labute approximate surface area is 91.3 Å². The van der Waals surface area contributed by atoms with Crippen LogP contribution in [0, 0.1) is 0 Å². The molecule has 1 aromatic rings. The van der Waals surface area contributed by atoms with Crippen LogP contribution in [0.15, 0.2) is 18.3 Å². The first kappa shape index (κ1) is 11.5. The van der Waals surface area contributed by atoms with E-state index in [4.69, 9.17) is 11.6 Å². The highest BCUT2D eigenvalue weighted by atomic mass is 35.5. The Balaban J connectivity index is 2.55. The van der Waals surface area contributed by atoms with Crippen molar-refractivity contribution in [2.24, 2.45) is 0 Å². The second-order valence-electron chi connectivity index (χ2n) is 3.15. The van der Waals surface area contributed by atoms with Crippen LogP contribution in [0.3, 0.4) is 0 Å². The molecule has 0 aliphatic heterocycles. The van der Waals surface area contributed by atoms with E-state index in [1.165, 1.54) is 0 Å². The van der Waals surface area contributed by atoms with Gasteiger partial charge in [0.15, 0.2) is 0 Å². The van der Waals surface area contributed by atoms with Crippen LogP contribution in [-0.4, -0.2) is 27.2 Å². The van der Waals surface area contributed by atoms with Crippen molar-refractivity contribution in [3.8, 4) is 0 Å². The lowest BCUT2D eigenvalue weighted by Gasteiger charge is -2.13. The number of rotatable bonds is 4. The molecule has 2 atom stereocenters. The summed E-state index contributed by atoms with van der Waals surface area (Å²) in [5, 5.41) is 3.65. The van der Waals surface area contributed by atoms with Crippen molar-refractivity contribution in [3.63, 3.8) is 0 Å². The molecule has 0 fully saturated rings. The minimum absolute atomic E-state index is 0.166. The lowest BCUT2D eigenvalue weighted by atomic mass is 10.3. The number of anilines is 1. The molecule has 1 heterocycles. The zero-order valence-electron chi connectivity index (χ0n) is 8.16. The average molecular weight is 233 g/mol. The molecule has 1 N–H and O–H groups in total. The number of nitrogens with zero attached hydrogens (tertiary/aromatic N) is 1. The highest BCUT2D eigenvalue weighted by Crippen LogP contribution is 2.12. The largest absolute Gasteiger partial charge is 0.382 e. The second kappa shape index (κ2) is 5.32. The van der Waals surface area contributed by atoms with Crippen molar-refractivity contribution in [1.29, 1.82) is 0 Å². The quantitative estimate of drug-likeness (QED) is 0.807. The number of pyridine rings is 1. The Hall–Kier alpha value is -0.610. The molecule has 5 heteroatoms. The van der Waals surface area contributed by atoms with Gasteiger partial charge < -0.3 is 5.32 Å². The van der Waals surface area contributed by atoms with E-state index in [2.05, 4.69) is 10.3 Å². The summed E-state index contributed by atoms with van der Waals surface area (Å²) in [6.45, 7) is 1.98. The lowest BCUT2D eigenvalue weighted by Crippen LogP contribution is -2.22. The van der Waals surface area contributed by atoms with Crippen LogP contribution in [-0.2, 0) is 10.8 Å². The van der Waals surface area contributed by atoms with Gasteiger partial charge in [-0.15, -0.1) is 0 Å². The highest BCUT2D eigenvalue weighted by Gasteiger charge is 2.04. The molecule has 0 saturated heterocycles. The molecule has 78 valence electrons. The van der Waals surface area contributed by atoms with Crippen LogP contribution in [0.2, 0.25) is 5.15 Å². The number of halogens is 1. The fourth-order valence-electron chi connectivity index (χ4n) is 1.17. The Morgan fingerprint density at radius 3 is 3.00 bits per heavy atom. The third-order valence-electron chi connectivity index (χ3n) is 1.62. The maximum atomic E-state index is 10.9. The minimum atomic E-state index is -0.786. The summed E-state index contributed by atoms with van der Waals surface area (Å²) in [5.74, 6) is 0.625. The third kappa shape index (κ3) is 4.07. The van der Waals surface area contributed by atoms with Crippen molar-refractivity contribution in [1.82, 2.24) is 4.98 Å². The number of nitrogens with one attached hydrogen (secondary N) is 1. The van der Waals surface area contributed by atoms with Crippen molar-refractivity contribution < 1.29 is 4.21 Å². The minimum Gasteiger partial charge on any atom is -0.382 e. The summed E-state index contributed by atoms with van der Waals surface area (Å²) in [7, 11) is -0.786. The normalized spacial score (nSPS) is 14.8. The molecule has 14 heavy (non-hydrogen) atoms. The molecular weight excluding hydrogens is 220 g/mol. The lowest BCUT2D eigenvalue weighted by molar-refractivity contribution is 0.683. The summed E-state index contributed by atoms with van der Waals surface area (Å²) in [5.41, 5.74) is 0.906. The van der Waals surface area contributed by atoms with E-state index in [0.29, 0.717) is 10.9 Å². The van der Waals surface area contributed by atoms with E-state index >= 15 is 0 Å². The van der Waals surface area contributed by atoms with Gasteiger partial charge in [0.05, 0.1) is 0 Å². The zero-order chi connectivity index (χ0) is 10.6. The fourth-order valence-corrected chi connectivity index (χ4v) is 2.13. The van der Waals surface area contributed by atoms with Gasteiger partial charge >= 0.3 is 0 Å². The van der Waals surface area contributed by atoms with Gasteiger partial charge in [-0.25, -0.2) is 4.98 Å². The zero-order valence-corrected chi connectivity index (χ0v) is 9.73. The molecule has 2 unspecified atom stereocenters. The second-order valence-corrected chi connectivity index (χ2v) is 5.02. The molecule has 0 aromatic carbocycles. The Bertz CT molecular complexity index is 332. The molecule has 3 nitrogen and oxygen atoms in total. The SMILES string of the molecule is CC(CS(C)=O)Nc1ccnc(Cl)c1. The monoisotopic (exact) mass is 232 g/mol. The number of hydrogen-bond donors (Lipinski definition) is 1.